The van der Waals surface area contributed by atoms with Gasteiger partial charge in [0.15, 0.2) is 0 Å². The summed E-state index contributed by atoms with van der Waals surface area (Å²) in [5, 5.41) is -0.392. The van der Waals surface area contributed by atoms with Gasteiger partial charge in [0.1, 0.15) is 5.75 Å². The van der Waals surface area contributed by atoms with Crippen LogP contribution in [0.1, 0.15) is 41.6 Å². The summed E-state index contributed by atoms with van der Waals surface area (Å²) in [6, 6.07) is 3.22. The molecule has 0 atom stereocenters. The molecular weight excluding hydrogens is 497 g/mol. The van der Waals surface area contributed by atoms with Crippen molar-refractivity contribution in [2.75, 3.05) is 0 Å². The van der Waals surface area contributed by atoms with Gasteiger partial charge in [-0.2, -0.15) is 13.2 Å². The minimum Gasteiger partial charge on any atom is -0.406 e. The number of aromatic nitrogens is 1. The maximum Gasteiger partial charge on any atom is 0.573 e. The van der Waals surface area contributed by atoms with E-state index >= 15 is 4.39 Å². The number of carbonyl (C=O) groups is 1. The molecule has 1 aromatic heterocycles. The van der Waals surface area contributed by atoms with E-state index in [2.05, 4.69) is 15.0 Å². The number of hydrogen-bond donors (Lipinski definition) is 1. The third-order valence-electron chi connectivity index (χ3n) is 5.23. The number of pyridine rings is 1. The van der Waals surface area contributed by atoms with Crippen LogP contribution in [0.5, 0.6) is 5.75 Å². The van der Waals surface area contributed by atoms with Crippen LogP contribution >= 0.6 is 0 Å². The molecule has 0 radical (unpaired) electrons. The van der Waals surface area contributed by atoms with Crippen LogP contribution in [0.15, 0.2) is 47.6 Å². The summed E-state index contributed by atoms with van der Waals surface area (Å²) in [4.78, 5) is 15.0. The Balaban J connectivity index is 1.69. The summed E-state index contributed by atoms with van der Waals surface area (Å²) in [7, 11) is -4.73. The number of hydrogen-bond acceptors (Lipinski definition) is 5. The number of benzene rings is 1. The molecule has 34 heavy (non-hydrogen) atoms. The molecule has 1 N–H and O–H groups in total. The van der Waals surface area contributed by atoms with Gasteiger partial charge in [-0.1, -0.05) is 6.07 Å². The summed E-state index contributed by atoms with van der Waals surface area (Å²) < 4.78 is 120. The number of carbonyl (C=O) groups excluding carboxylic acids is 1. The van der Waals surface area contributed by atoms with Crippen LogP contribution in [0.3, 0.4) is 0 Å². The summed E-state index contributed by atoms with van der Waals surface area (Å²) in [6.45, 7) is 0. The summed E-state index contributed by atoms with van der Waals surface area (Å²) in [5.41, 5.74) is -1.50. The van der Waals surface area contributed by atoms with Crippen molar-refractivity contribution >= 4 is 15.7 Å². The predicted octanol–water partition coefficient (Wildman–Crippen LogP) is 4.81. The SMILES string of the molecule is O=C(NC1CCC(F)(S(=O)(=O)c2cccc(OC(F)(F)F)c2)CC1)c1cncc(C(F)(F)F)c1. The number of halogens is 7. The topological polar surface area (TPSA) is 85.4 Å². The van der Waals surface area contributed by atoms with Gasteiger partial charge in [-0.15, -0.1) is 13.2 Å². The predicted molar refractivity (Wildman–Crippen MR) is 103 cm³/mol. The number of nitrogens with one attached hydrogen (secondary N) is 1. The molecular formula is C20H17F7N2O4S. The Labute approximate surface area is 189 Å². The number of rotatable bonds is 5. The van der Waals surface area contributed by atoms with Crippen molar-refractivity contribution in [3.05, 3.63) is 53.9 Å². The maximum absolute atomic E-state index is 15.4. The standard InChI is InChI=1S/C20H17F7N2O4S/c21-18(34(31,32)16-3-1-2-15(9-16)33-20(25,26)27)6-4-14(5-7-18)29-17(30)12-8-13(11-28-10-12)19(22,23)24/h1-3,8-11,14H,4-7H2,(H,29,30). The van der Waals surface area contributed by atoms with Crippen molar-refractivity contribution < 1.29 is 48.7 Å². The molecule has 6 nitrogen and oxygen atoms in total. The van der Waals surface area contributed by atoms with Crippen molar-refractivity contribution in [1.29, 1.82) is 0 Å². The second-order valence-electron chi connectivity index (χ2n) is 7.62. The minimum absolute atomic E-state index is 0.174. The average Bonchev–Trinajstić information content (AvgIpc) is 2.74. The zero-order valence-corrected chi connectivity index (χ0v) is 17.9. The third-order valence-corrected chi connectivity index (χ3v) is 7.47. The van der Waals surface area contributed by atoms with E-state index in [4.69, 9.17) is 0 Å². The molecule has 0 bridgehead atoms. The Bertz CT molecular complexity index is 1160. The Hall–Kier alpha value is -2.90. The van der Waals surface area contributed by atoms with E-state index in [1.807, 2.05) is 0 Å². The maximum atomic E-state index is 15.4. The van der Waals surface area contributed by atoms with Gasteiger partial charge in [0.2, 0.25) is 14.8 Å². The minimum atomic E-state index is -5.07. The van der Waals surface area contributed by atoms with E-state index in [1.165, 1.54) is 0 Å². The molecule has 0 spiro atoms. The van der Waals surface area contributed by atoms with Crippen LogP contribution < -0.4 is 10.1 Å². The molecule has 0 saturated heterocycles. The van der Waals surface area contributed by atoms with Gasteiger partial charge in [-0.3, -0.25) is 9.78 Å². The van der Waals surface area contributed by atoms with Crippen molar-refractivity contribution in [3.63, 3.8) is 0 Å². The van der Waals surface area contributed by atoms with Crippen LogP contribution in [-0.2, 0) is 16.0 Å². The van der Waals surface area contributed by atoms with Gasteiger partial charge in [0.05, 0.1) is 16.0 Å². The number of amides is 1. The Morgan fingerprint density at radius 3 is 2.29 bits per heavy atom. The first-order chi connectivity index (χ1) is 15.6. The zero-order chi connectivity index (χ0) is 25.4. The Morgan fingerprint density at radius 2 is 1.71 bits per heavy atom. The average molecular weight is 514 g/mol. The molecule has 1 fully saturated rings. The second kappa shape index (κ2) is 9.04. The zero-order valence-electron chi connectivity index (χ0n) is 17.1. The fraction of sp³-hybridized carbons (Fsp3) is 0.400. The van der Waals surface area contributed by atoms with Crippen LogP contribution in [0, 0.1) is 0 Å². The van der Waals surface area contributed by atoms with E-state index in [0.717, 1.165) is 24.4 Å². The highest BCUT2D eigenvalue weighted by Gasteiger charge is 2.48. The van der Waals surface area contributed by atoms with Gasteiger partial charge < -0.3 is 10.1 Å². The van der Waals surface area contributed by atoms with Crippen molar-refractivity contribution in [2.24, 2.45) is 0 Å². The first kappa shape index (κ1) is 25.7. The van der Waals surface area contributed by atoms with E-state index in [9.17, 15) is 39.6 Å². The Morgan fingerprint density at radius 1 is 1.06 bits per heavy atom. The van der Waals surface area contributed by atoms with Crippen LogP contribution in [0.2, 0.25) is 0 Å². The van der Waals surface area contributed by atoms with Gasteiger partial charge in [-0.05, 0) is 49.9 Å². The summed E-state index contributed by atoms with van der Waals surface area (Å²) in [5.74, 6) is -1.72. The van der Waals surface area contributed by atoms with Crippen molar-refractivity contribution in [3.8, 4) is 5.75 Å². The van der Waals surface area contributed by atoms with Crippen LogP contribution in [-0.4, -0.2) is 36.7 Å². The number of nitrogens with zero attached hydrogens (tertiary/aromatic N) is 1. The molecule has 186 valence electrons. The van der Waals surface area contributed by atoms with Gasteiger partial charge in [0, 0.05) is 18.4 Å². The monoisotopic (exact) mass is 514 g/mol. The highest BCUT2D eigenvalue weighted by molar-refractivity contribution is 7.92. The van der Waals surface area contributed by atoms with E-state index in [0.29, 0.717) is 18.3 Å². The number of ether oxygens (including phenoxy) is 1. The van der Waals surface area contributed by atoms with Crippen molar-refractivity contribution in [2.45, 2.75) is 54.2 Å². The summed E-state index contributed by atoms with van der Waals surface area (Å²) in [6.07, 6.45) is -9.84. The van der Waals surface area contributed by atoms with E-state index < -0.39 is 68.4 Å². The molecule has 1 aliphatic carbocycles. The second-order valence-corrected chi connectivity index (χ2v) is 9.83. The number of sulfone groups is 1. The Kier molecular flexibility index (Phi) is 6.84. The lowest BCUT2D eigenvalue weighted by Gasteiger charge is -2.33. The quantitative estimate of drug-likeness (QED) is 0.579. The fourth-order valence-electron chi connectivity index (χ4n) is 3.50. The van der Waals surface area contributed by atoms with Gasteiger partial charge in [-0.25, -0.2) is 12.8 Å². The smallest absolute Gasteiger partial charge is 0.406 e. The van der Waals surface area contributed by atoms with Crippen molar-refractivity contribution in [1.82, 2.24) is 10.3 Å². The highest BCUT2D eigenvalue weighted by atomic mass is 32.2. The molecule has 3 rings (SSSR count). The van der Waals surface area contributed by atoms with Gasteiger partial charge >= 0.3 is 12.5 Å². The van der Waals surface area contributed by atoms with Gasteiger partial charge in [0.25, 0.3) is 5.91 Å². The van der Waals surface area contributed by atoms with Crippen LogP contribution in [0.25, 0.3) is 0 Å². The van der Waals surface area contributed by atoms with Crippen LogP contribution in [0.4, 0.5) is 30.7 Å². The molecule has 1 amide bonds. The summed E-state index contributed by atoms with van der Waals surface area (Å²) >= 11 is 0. The molecule has 1 aromatic carbocycles. The highest BCUT2D eigenvalue weighted by Crippen LogP contribution is 2.41. The number of alkyl halides is 7. The third kappa shape index (κ3) is 5.77. The lowest BCUT2D eigenvalue weighted by Crippen LogP contribution is -2.45. The molecule has 1 saturated carbocycles. The first-order valence-corrected chi connectivity index (χ1v) is 11.2. The molecule has 14 heteroatoms. The molecule has 0 unspecified atom stereocenters. The first-order valence-electron chi connectivity index (χ1n) is 9.73. The lowest BCUT2D eigenvalue weighted by molar-refractivity contribution is -0.274. The molecule has 1 heterocycles. The fourth-order valence-corrected chi connectivity index (χ4v) is 5.22. The normalized spacial score (nSPS) is 21.7. The molecule has 0 aliphatic heterocycles. The van der Waals surface area contributed by atoms with E-state index in [1.54, 1.807) is 0 Å². The largest absolute Gasteiger partial charge is 0.573 e. The lowest BCUT2D eigenvalue weighted by atomic mass is 9.93. The van der Waals surface area contributed by atoms with E-state index in [-0.39, 0.29) is 18.4 Å². The molecule has 2 aromatic rings. The molecule has 1 aliphatic rings.